The van der Waals surface area contributed by atoms with Gasteiger partial charge in [0.25, 0.3) is 5.91 Å². The van der Waals surface area contributed by atoms with Crippen molar-refractivity contribution >= 4 is 23.2 Å². The molecule has 20 heavy (non-hydrogen) atoms. The van der Waals surface area contributed by atoms with Crippen LogP contribution in [0.15, 0.2) is 24.4 Å². The van der Waals surface area contributed by atoms with E-state index in [4.69, 9.17) is 16.3 Å². The van der Waals surface area contributed by atoms with Crippen LogP contribution in [0.4, 0.5) is 10.1 Å². The van der Waals surface area contributed by atoms with Gasteiger partial charge in [-0.15, -0.1) is 0 Å². The van der Waals surface area contributed by atoms with Crippen LogP contribution in [-0.4, -0.2) is 22.1 Å². The highest BCUT2D eigenvalue weighted by molar-refractivity contribution is 6.31. The number of fused-ring (bicyclic) bond motifs is 1. The highest BCUT2D eigenvalue weighted by Crippen LogP contribution is 2.20. The summed E-state index contributed by atoms with van der Waals surface area (Å²) in [5.74, 6) is -0.174. The second-order valence-electron chi connectivity index (χ2n) is 4.37. The van der Waals surface area contributed by atoms with Gasteiger partial charge in [-0.05, 0) is 18.2 Å². The van der Waals surface area contributed by atoms with Crippen LogP contribution in [0.1, 0.15) is 16.3 Å². The zero-order valence-corrected chi connectivity index (χ0v) is 11.2. The number of hydrogen-bond acceptors (Lipinski definition) is 3. The SMILES string of the molecule is O=C(Nc1ccc(F)c(Cl)c1)c1cn2c(n1)COCC2. The van der Waals surface area contributed by atoms with Crippen LogP contribution in [0, 0.1) is 5.82 Å². The third-order valence-electron chi connectivity index (χ3n) is 2.98. The Kier molecular flexibility index (Phi) is 3.42. The number of nitrogens with one attached hydrogen (secondary N) is 1. The van der Waals surface area contributed by atoms with E-state index in [1.165, 1.54) is 18.2 Å². The molecular formula is C13H11ClFN3O2. The minimum absolute atomic E-state index is 0.0414. The van der Waals surface area contributed by atoms with Crippen LogP contribution in [0.3, 0.4) is 0 Å². The molecule has 0 spiro atoms. The Morgan fingerprint density at radius 1 is 1.50 bits per heavy atom. The standard InChI is InChI=1S/C13H11ClFN3O2/c14-9-5-8(1-2-10(9)15)16-13(19)11-6-18-3-4-20-7-12(18)17-11/h1-2,5-6H,3-4,7H2,(H,16,19). The van der Waals surface area contributed by atoms with Gasteiger partial charge in [-0.3, -0.25) is 4.79 Å². The van der Waals surface area contributed by atoms with Crippen molar-refractivity contribution in [3.8, 4) is 0 Å². The maximum absolute atomic E-state index is 13.0. The van der Waals surface area contributed by atoms with Gasteiger partial charge in [-0.2, -0.15) is 0 Å². The van der Waals surface area contributed by atoms with Gasteiger partial charge < -0.3 is 14.6 Å². The van der Waals surface area contributed by atoms with E-state index in [-0.39, 0.29) is 10.9 Å². The van der Waals surface area contributed by atoms with Gasteiger partial charge in [0.1, 0.15) is 23.9 Å². The van der Waals surface area contributed by atoms with E-state index < -0.39 is 5.82 Å². The number of nitrogens with zero attached hydrogens (tertiary/aromatic N) is 2. The van der Waals surface area contributed by atoms with Crippen molar-refractivity contribution in [1.29, 1.82) is 0 Å². The van der Waals surface area contributed by atoms with Crippen LogP contribution in [0.2, 0.25) is 5.02 Å². The first-order chi connectivity index (χ1) is 9.63. The van der Waals surface area contributed by atoms with Crippen LogP contribution in [-0.2, 0) is 17.9 Å². The lowest BCUT2D eigenvalue weighted by atomic mass is 10.3. The van der Waals surface area contributed by atoms with Crippen molar-refractivity contribution in [3.05, 3.63) is 46.8 Å². The van der Waals surface area contributed by atoms with Gasteiger partial charge in [-0.1, -0.05) is 11.6 Å². The molecule has 0 fully saturated rings. The second-order valence-corrected chi connectivity index (χ2v) is 4.78. The van der Waals surface area contributed by atoms with E-state index in [0.717, 1.165) is 5.82 Å². The molecule has 1 aromatic heterocycles. The summed E-state index contributed by atoms with van der Waals surface area (Å²) in [7, 11) is 0. The molecule has 0 radical (unpaired) electrons. The van der Waals surface area contributed by atoms with E-state index in [9.17, 15) is 9.18 Å². The summed E-state index contributed by atoms with van der Waals surface area (Å²) < 4.78 is 20.2. The number of aromatic nitrogens is 2. The van der Waals surface area contributed by atoms with Gasteiger partial charge in [0.15, 0.2) is 0 Å². The number of hydrogen-bond donors (Lipinski definition) is 1. The molecule has 1 aliphatic heterocycles. The molecule has 1 amide bonds. The van der Waals surface area contributed by atoms with Crippen molar-refractivity contribution < 1.29 is 13.9 Å². The molecule has 0 bridgehead atoms. The van der Waals surface area contributed by atoms with Crippen molar-refractivity contribution in [2.24, 2.45) is 0 Å². The smallest absolute Gasteiger partial charge is 0.275 e. The lowest BCUT2D eigenvalue weighted by Crippen LogP contribution is -2.15. The van der Waals surface area contributed by atoms with Gasteiger partial charge in [0, 0.05) is 18.4 Å². The fourth-order valence-electron chi connectivity index (χ4n) is 1.97. The topological polar surface area (TPSA) is 56.2 Å². The van der Waals surface area contributed by atoms with Crippen molar-refractivity contribution in [1.82, 2.24) is 9.55 Å². The average Bonchev–Trinajstić information content (AvgIpc) is 2.87. The van der Waals surface area contributed by atoms with Gasteiger partial charge >= 0.3 is 0 Å². The third kappa shape index (κ3) is 2.52. The van der Waals surface area contributed by atoms with Crippen molar-refractivity contribution in [2.75, 3.05) is 11.9 Å². The minimum atomic E-state index is -0.528. The summed E-state index contributed by atoms with van der Waals surface area (Å²) in [6.45, 7) is 1.69. The van der Waals surface area contributed by atoms with Crippen LogP contribution in [0.5, 0.6) is 0 Å². The van der Waals surface area contributed by atoms with Crippen LogP contribution >= 0.6 is 11.6 Å². The normalized spacial score (nSPS) is 13.9. The first kappa shape index (κ1) is 13.1. The number of benzene rings is 1. The second kappa shape index (κ2) is 5.22. The van der Waals surface area contributed by atoms with Crippen molar-refractivity contribution in [2.45, 2.75) is 13.2 Å². The van der Waals surface area contributed by atoms with Gasteiger partial charge in [0.05, 0.1) is 11.6 Å². The molecule has 1 N–H and O–H groups in total. The number of anilines is 1. The minimum Gasteiger partial charge on any atom is -0.372 e. The molecule has 3 rings (SSSR count). The molecule has 7 heteroatoms. The molecule has 1 aliphatic rings. The molecule has 0 unspecified atom stereocenters. The maximum atomic E-state index is 13.0. The Balaban J connectivity index is 1.78. The average molecular weight is 296 g/mol. The highest BCUT2D eigenvalue weighted by atomic mass is 35.5. The molecular weight excluding hydrogens is 285 g/mol. The Bertz CT molecular complexity index is 648. The Morgan fingerprint density at radius 3 is 3.10 bits per heavy atom. The lowest BCUT2D eigenvalue weighted by Gasteiger charge is -2.13. The lowest BCUT2D eigenvalue weighted by molar-refractivity contribution is 0.0816. The van der Waals surface area contributed by atoms with Crippen LogP contribution in [0.25, 0.3) is 0 Å². The Morgan fingerprint density at radius 2 is 2.35 bits per heavy atom. The zero-order chi connectivity index (χ0) is 14.1. The summed E-state index contributed by atoms with van der Waals surface area (Å²) >= 11 is 5.66. The summed E-state index contributed by atoms with van der Waals surface area (Å²) in [4.78, 5) is 16.3. The predicted octanol–water partition coefficient (Wildman–Crippen LogP) is 2.46. The molecule has 1 aromatic carbocycles. The monoisotopic (exact) mass is 295 g/mol. The van der Waals surface area contributed by atoms with Gasteiger partial charge in [-0.25, -0.2) is 9.37 Å². The number of imidazole rings is 1. The Hall–Kier alpha value is -1.92. The zero-order valence-electron chi connectivity index (χ0n) is 10.4. The molecule has 0 saturated carbocycles. The number of halogens is 2. The van der Waals surface area contributed by atoms with Crippen molar-refractivity contribution in [3.63, 3.8) is 0 Å². The summed E-state index contributed by atoms with van der Waals surface area (Å²) in [5, 5.41) is 2.59. The first-order valence-corrected chi connectivity index (χ1v) is 6.41. The first-order valence-electron chi connectivity index (χ1n) is 6.03. The van der Waals surface area contributed by atoms with Crippen LogP contribution < -0.4 is 5.32 Å². The molecule has 2 heterocycles. The van der Waals surface area contributed by atoms with E-state index in [2.05, 4.69) is 10.3 Å². The number of carbonyl (C=O) groups is 1. The predicted molar refractivity (Wildman–Crippen MR) is 71.2 cm³/mol. The molecule has 5 nitrogen and oxygen atoms in total. The van der Waals surface area contributed by atoms with E-state index >= 15 is 0 Å². The molecule has 0 atom stereocenters. The number of amides is 1. The quantitative estimate of drug-likeness (QED) is 0.926. The molecule has 104 valence electrons. The van der Waals surface area contributed by atoms with E-state index in [0.29, 0.717) is 31.1 Å². The summed E-state index contributed by atoms with van der Waals surface area (Å²) in [6, 6.07) is 4.00. The van der Waals surface area contributed by atoms with E-state index in [1.807, 2.05) is 4.57 Å². The number of ether oxygens (including phenoxy) is 1. The number of rotatable bonds is 2. The summed E-state index contributed by atoms with van der Waals surface area (Å²) in [6.07, 6.45) is 1.68. The van der Waals surface area contributed by atoms with E-state index in [1.54, 1.807) is 6.20 Å². The fraction of sp³-hybridized carbons (Fsp3) is 0.231. The fourth-order valence-corrected chi connectivity index (χ4v) is 2.15. The Labute approximate surface area is 119 Å². The molecule has 0 saturated heterocycles. The maximum Gasteiger partial charge on any atom is 0.275 e. The highest BCUT2D eigenvalue weighted by Gasteiger charge is 2.17. The number of carbonyl (C=O) groups excluding carboxylic acids is 1. The molecule has 2 aromatic rings. The molecule has 0 aliphatic carbocycles. The summed E-state index contributed by atoms with van der Waals surface area (Å²) in [5.41, 5.74) is 0.717. The largest absolute Gasteiger partial charge is 0.372 e. The van der Waals surface area contributed by atoms with Gasteiger partial charge in [0.2, 0.25) is 0 Å². The third-order valence-corrected chi connectivity index (χ3v) is 3.27.